The summed E-state index contributed by atoms with van der Waals surface area (Å²) in [5.74, 6) is -0.842. The molecule has 0 aliphatic rings. The van der Waals surface area contributed by atoms with Gasteiger partial charge in [-0.1, -0.05) is 60.0 Å². The van der Waals surface area contributed by atoms with Gasteiger partial charge in [-0.25, -0.2) is 8.42 Å². The number of carbonyl (C=O) groups excluding carboxylic acids is 2. The largest absolute Gasteiger partial charge is 0.354 e. The fourth-order valence-electron chi connectivity index (χ4n) is 3.17. The third kappa shape index (κ3) is 7.91. The maximum atomic E-state index is 13.4. The Bertz CT molecular complexity index is 1070. The second kappa shape index (κ2) is 11.7. The van der Waals surface area contributed by atoms with E-state index in [1.807, 2.05) is 38.1 Å². The zero-order valence-electron chi connectivity index (χ0n) is 19.1. The number of amides is 2. The number of aryl methyl sites for hydroxylation is 1. The molecule has 0 radical (unpaired) electrons. The van der Waals surface area contributed by atoms with E-state index in [1.165, 1.54) is 23.1 Å². The molecular weight excluding hydrogens is 485 g/mol. The van der Waals surface area contributed by atoms with Gasteiger partial charge in [0.1, 0.15) is 12.6 Å². The summed E-state index contributed by atoms with van der Waals surface area (Å²) in [5, 5.41) is 3.27. The molecule has 0 unspecified atom stereocenters. The SMILES string of the molecule is CCCNC(=O)[C@@H](C)N(Cc1ccc(C)cc1)C(=O)CN(c1cc(Cl)cc(Cl)c1)S(C)(=O)=O. The Labute approximate surface area is 205 Å². The van der Waals surface area contributed by atoms with Gasteiger partial charge in [0.05, 0.1) is 11.9 Å². The fraction of sp³-hybridized carbons (Fsp3) is 0.391. The molecule has 1 N–H and O–H groups in total. The first kappa shape index (κ1) is 27.0. The quantitative estimate of drug-likeness (QED) is 0.519. The number of hydrogen-bond acceptors (Lipinski definition) is 4. The van der Waals surface area contributed by atoms with Gasteiger partial charge in [0.15, 0.2) is 0 Å². The number of halogens is 2. The first-order valence-electron chi connectivity index (χ1n) is 10.5. The highest BCUT2D eigenvalue weighted by atomic mass is 35.5. The highest BCUT2D eigenvalue weighted by Gasteiger charge is 2.30. The average Bonchev–Trinajstić information content (AvgIpc) is 2.73. The van der Waals surface area contributed by atoms with Crippen molar-refractivity contribution in [1.29, 1.82) is 0 Å². The summed E-state index contributed by atoms with van der Waals surface area (Å²) >= 11 is 12.1. The molecule has 2 aromatic rings. The number of hydrogen-bond donors (Lipinski definition) is 1. The molecule has 0 aliphatic heterocycles. The van der Waals surface area contributed by atoms with E-state index in [0.29, 0.717) is 6.54 Å². The Morgan fingerprint density at radius 1 is 1.06 bits per heavy atom. The van der Waals surface area contributed by atoms with E-state index in [9.17, 15) is 18.0 Å². The monoisotopic (exact) mass is 513 g/mol. The lowest BCUT2D eigenvalue weighted by atomic mass is 10.1. The molecule has 33 heavy (non-hydrogen) atoms. The number of anilines is 1. The Morgan fingerprint density at radius 2 is 1.64 bits per heavy atom. The molecule has 0 saturated carbocycles. The zero-order chi connectivity index (χ0) is 24.8. The minimum atomic E-state index is -3.85. The normalized spacial score (nSPS) is 12.2. The van der Waals surface area contributed by atoms with Crippen LogP contribution in [0.15, 0.2) is 42.5 Å². The van der Waals surface area contributed by atoms with E-state index < -0.39 is 28.5 Å². The van der Waals surface area contributed by atoms with Gasteiger partial charge in [-0.2, -0.15) is 0 Å². The second-order valence-electron chi connectivity index (χ2n) is 7.87. The summed E-state index contributed by atoms with van der Waals surface area (Å²) in [5.41, 5.74) is 2.05. The molecule has 0 spiro atoms. The van der Waals surface area contributed by atoms with E-state index >= 15 is 0 Å². The van der Waals surface area contributed by atoms with Crippen LogP contribution in [0.5, 0.6) is 0 Å². The van der Waals surface area contributed by atoms with Gasteiger partial charge >= 0.3 is 0 Å². The zero-order valence-corrected chi connectivity index (χ0v) is 21.5. The highest BCUT2D eigenvalue weighted by Crippen LogP contribution is 2.27. The molecule has 0 saturated heterocycles. The van der Waals surface area contributed by atoms with Crippen molar-refractivity contribution in [3.63, 3.8) is 0 Å². The maximum Gasteiger partial charge on any atom is 0.244 e. The van der Waals surface area contributed by atoms with Crippen LogP contribution in [0.1, 0.15) is 31.4 Å². The van der Waals surface area contributed by atoms with Gasteiger partial charge in [-0.15, -0.1) is 0 Å². The number of carbonyl (C=O) groups is 2. The van der Waals surface area contributed by atoms with E-state index in [2.05, 4.69) is 5.32 Å². The first-order chi connectivity index (χ1) is 15.4. The lowest BCUT2D eigenvalue weighted by Crippen LogP contribution is -2.51. The highest BCUT2D eigenvalue weighted by molar-refractivity contribution is 7.92. The van der Waals surface area contributed by atoms with E-state index in [4.69, 9.17) is 23.2 Å². The summed E-state index contributed by atoms with van der Waals surface area (Å²) in [6.07, 6.45) is 1.75. The third-order valence-corrected chi connectivity index (χ3v) is 6.58. The number of rotatable bonds is 10. The Kier molecular flexibility index (Phi) is 9.57. The van der Waals surface area contributed by atoms with E-state index in [-0.39, 0.29) is 28.2 Å². The molecule has 0 aliphatic carbocycles. The Balaban J connectivity index is 2.39. The minimum Gasteiger partial charge on any atom is -0.354 e. The lowest BCUT2D eigenvalue weighted by molar-refractivity contribution is -0.139. The molecule has 0 bridgehead atoms. The topological polar surface area (TPSA) is 86.8 Å². The molecule has 1 atom stereocenters. The third-order valence-electron chi connectivity index (χ3n) is 5.00. The summed E-state index contributed by atoms with van der Waals surface area (Å²) in [7, 11) is -3.85. The van der Waals surface area contributed by atoms with Crippen LogP contribution < -0.4 is 9.62 Å². The van der Waals surface area contributed by atoms with Crippen LogP contribution in [0.4, 0.5) is 5.69 Å². The summed E-state index contributed by atoms with van der Waals surface area (Å²) < 4.78 is 26.0. The number of sulfonamides is 1. The van der Waals surface area contributed by atoms with Crippen LogP contribution in [-0.2, 0) is 26.2 Å². The van der Waals surface area contributed by atoms with Crippen molar-refractivity contribution in [3.05, 3.63) is 63.6 Å². The Morgan fingerprint density at radius 3 is 2.15 bits per heavy atom. The molecule has 10 heteroatoms. The van der Waals surface area contributed by atoms with Crippen molar-refractivity contribution in [3.8, 4) is 0 Å². The molecule has 2 aromatic carbocycles. The van der Waals surface area contributed by atoms with Crippen molar-refractivity contribution >= 4 is 50.7 Å². The van der Waals surface area contributed by atoms with Gasteiger partial charge in [0.2, 0.25) is 21.8 Å². The van der Waals surface area contributed by atoms with Crippen LogP contribution in [0.25, 0.3) is 0 Å². The van der Waals surface area contributed by atoms with Crippen LogP contribution in [0.3, 0.4) is 0 Å². The van der Waals surface area contributed by atoms with E-state index in [1.54, 1.807) is 6.92 Å². The lowest BCUT2D eigenvalue weighted by Gasteiger charge is -2.31. The summed E-state index contributed by atoms with van der Waals surface area (Å²) in [6, 6.07) is 11.1. The van der Waals surface area contributed by atoms with Crippen molar-refractivity contribution < 1.29 is 18.0 Å². The molecule has 0 fully saturated rings. The van der Waals surface area contributed by atoms with Crippen LogP contribution in [0, 0.1) is 6.92 Å². The molecule has 0 heterocycles. The van der Waals surface area contributed by atoms with E-state index in [0.717, 1.165) is 28.1 Å². The number of nitrogens with one attached hydrogen (secondary N) is 1. The molecular formula is C23H29Cl2N3O4S. The van der Waals surface area contributed by atoms with Crippen LogP contribution in [0.2, 0.25) is 10.0 Å². The molecule has 2 amide bonds. The van der Waals surface area contributed by atoms with Gasteiger partial charge < -0.3 is 10.2 Å². The predicted molar refractivity (Wildman–Crippen MR) is 133 cm³/mol. The predicted octanol–water partition coefficient (Wildman–Crippen LogP) is 4.01. The van der Waals surface area contributed by atoms with Crippen LogP contribution in [-0.4, -0.2) is 50.5 Å². The summed E-state index contributed by atoms with van der Waals surface area (Å²) in [4.78, 5) is 27.4. The van der Waals surface area contributed by atoms with Crippen molar-refractivity contribution in [1.82, 2.24) is 10.2 Å². The standard InChI is InChI=1S/C23H29Cl2N3O4S/c1-5-10-26-23(30)17(3)27(14-18-8-6-16(2)7-9-18)22(29)15-28(33(4,31)32)21-12-19(24)11-20(25)13-21/h6-9,11-13,17H,5,10,14-15H2,1-4H3,(H,26,30)/t17-/m1/s1. The molecule has 7 nitrogen and oxygen atoms in total. The van der Waals surface area contributed by atoms with Crippen LogP contribution >= 0.6 is 23.2 Å². The van der Waals surface area contributed by atoms with Gasteiger partial charge in [-0.05, 0) is 44.0 Å². The smallest absolute Gasteiger partial charge is 0.244 e. The maximum absolute atomic E-state index is 13.4. The first-order valence-corrected chi connectivity index (χ1v) is 13.1. The van der Waals surface area contributed by atoms with Gasteiger partial charge in [-0.3, -0.25) is 13.9 Å². The molecule has 180 valence electrons. The van der Waals surface area contributed by atoms with Gasteiger partial charge in [0.25, 0.3) is 0 Å². The Hall–Kier alpha value is -2.29. The van der Waals surface area contributed by atoms with Crippen molar-refractivity contribution in [2.75, 3.05) is 23.7 Å². The van der Waals surface area contributed by atoms with Gasteiger partial charge in [0, 0.05) is 23.1 Å². The van der Waals surface area contributed by atoms with Crippen molar-refractivity contribution in [2.24, 2.45) is 0 Å². The van der Waals surface area contributed by atoms with Crippen molar-refractivity contribution in [2.45, 2.75) is 39.8 Å². The minimum absolute atomic E-state index is 0.147. The fourth-order valence-corrected chi connectivity index (χ4v) is 4.51. The molecule has 0 aromatic heterocycles. The average molecular weight is 514 g/mol. The number of benzene rings is 2. The second-order valence-corrected chi connectivity index (χ2v) is 10.7. The number of nitrogens with zero attached hydrogens (tertiary/aromatic N) is 2. The summed E-state index contributed by atoms with van der Waals surface area (Å²) in [6.45, 7) is 5.62. The molecule has 2 rings (SSSR count).